The van der Waals surface area contributed by atoms with Gasteiger partial charge in [-0.1, -0.05) is 23.3 Å². The van der Waals surface area contributed by atoms with E-state index in [1.807, 2.05) is 30.3 Å². The Morgan fingerprint density at radius 2 is 1.67 bits per heavy atom. The lowest BCUT2D eigenvalue weighted by molar-refractivity contribution is 0.249. The molecule has 0 saturated carbocycles. The Morgan fingerprint density at radius 1 is 0.815 bits per heavy atom. The second kappa shape index (κ2) is 5.82. The number of hydrogen-bond donors (Lipinski definition) is 0. The lowest BCUT2D eigenvalue weighted by Gasteiger charge is -2.29. The molecule has 7 rings (SSSR count). The lowest BCUT2D eigenvalue weighted by Crippen LogP contribution is -2.38. The molecule has 6 nitrogen and oxygen atoms in total. The first-order valence-corrected chi connectivity index (χ1v) is 9.59. The number of hydrogen-bond acceptors (Lipinski definition) is 6. The van der Waals surface area contributed by atoms with Crippen LogP contribution in [0.5, 0.6) is 0 Å². The Morgan fingerprint density at radius 3 is 2.59 bits per heavy atom. The topological polar surface area (TPSA) is 58.5 Å². The molecular formula is C21H20N4O2. The van der Waals surface area contributed by atoms with E-state index < -0.39 is 0 Å². The highest BCUT2D eigenvalue weighted by Crippen LogP contribution is 2.33. The zero-order valence-electron chi connectivity index (χ0n) is 15.0. The fourth-order valence-electron chi connectivity index (χ4n) is 4.45. The predicted molar refractivity (Wildman–Crippen MR) is 104 cm³/mol. The van der Waals surface area contributed by atoms with Crippen molar-refractivity contribution in [2.24, 2.45) is 0 Å². The van der Waals surface area contributed by atoms with E-state index in [-0.39, 0.29) is 0 Å². The fourth-order valence-corrected chi connectivity index (χ4v) is 4.45. The molecule has 2 aromatic heterocycles. The molecule has 5 heterocycles. The van der Waals surface area contributed by atoms with E-state index in [0.29, 0.717) is 17.9 Å². The minimum Gasteiger partial charge on any atom is -0.456 e. The molecule has 3 aliphatic rings. The molecule has 0 atom stereocenters. The molecule has 2 bridgehead atoms. The van der Waals surface area contributed by atoms with Gasteiger partial charge in [0.15, 0.2) is 0 Å². The maximum atomic E-state index is 6.11. The molecule has 4 aromatic rings. The Balaban J connectivity index is 1.38. The highest BCUT2D eigenvalue weighted by Gasteiger charge is 2.31. The largest absolute Gasteiger partial charge is 0.456 e. The summed E-state index contributed by atoms with van der Waals surface area (Å²) in [5.41, 5.74) is 2.69. The molecule has 6 heteroatoms. The van der Waals surface area contributed by atoms with Crippen LogP contribution in [-0.2, 0) is 0 Å². The Kier molecular flexibility index (Phi) is 3.28. The second-order valence-electron chi connectivity index (χ2n) is 7.47. The molecule has 0 spiro atoms. The van der Waals surface area contributed by atoms with Crippen LogP contribution in [0.1, 0.15) is 12.8 Å². The summed E-state index contributed by atoms with van der Waals surface area (Å²) < 4.78 is 12.0. The maximum Gasteiger partial charge on any atom is 0.318 e. The van der Waals surface area contributed by atoms with Gasteiger partial charge in [0, 0.05) is 48.6 Å². The van der Waals surface area contributed by atoms with E-state index in [1.54, 1.807) is 0 Å². The molecule has 3 aliphatic heterocycles. The highest BCUT2D eigenvalue weighted by molar-refractivity contribution is 6.05. The predicted octanol–water partition coefficient (Wildman–Crippen LogP) is 3.92. The van der Waals surface area contributed by atoms with Gasteiger partial charge < -0.3 is 18.6 Å². The summed E-state index contributed by atoms with van der Waals surface area (Å²) >= 11 is 0. The number of fused-ring (bicyclic) bond motifs is 7. The minimum atomic E-state index is 0.511. The standard InChI is InChI=1S/C21H20N4O2/c1-2-4-18-16(3-1)17-13-14(5-6-19(17)26-18)20-22-23-21(27-20)25-12-11-24-9-7-15(25)8-10-24/h1-6,13,15H,7-12H2. The highest BCUT2D eigenvalue weighted by atomic mass is 16.4. The van der Waals surface area contributed by atoms with Gasteiger partial charge in [-0.2, -0.15) is 0 Å². The second-order valence-corrected chi connectivity index (χ2v) is 7.47. The van der Waals surface area contributed by atoms with Crippen LogP contribution >= 0.6 is 0 Å². The molecule has 0 N–H and O–H groups in total. The zero-order chi connectivity index (χ0) is 17.8. The summed E-state index contributed by atoms with van der Waals surface area (Å²) in [6, 6.07) is 15.3. The van der Waals surface area contributed by atoms with E-state index in [0.717, 1.165) is 40.6 Å². The van der Waals surface area contributed by atoms with Gasteiger partial charge in [0.1, 0.15) is 11.2 Å². The monoisotopic (exact) mass is 360 g/mol. The first-order valence-electron chi connectivity index (χ1n) is 9.59. The number of aromatic nitrogens is 2. The Bertz CT molecular complexity index is 1120. The Labute approximate surface area is 156 Å². The lowest BCUT2D eigenvalue weighted by atomic mass is 10.1. The van der Waals surface area contributed by atoms with Gasteiger partial charge in [0.25, 0.3) is 0 Å². The summed E-state index contributed by atoms with van der Waals surface area (Å²) in [6.45, 7) is 4.37. The maximum absolute atomic E-state index is 6.11. The number of benzene rings is 2. The molecule has 0 amide bonds. The normalized spacial score (nSPS) is 22.6. The molecule has 0 radical (unpaired) electrons. The van der Waals surface area contributed by atoms with Gasteiger partial charge in [-0.25, -0.2) is 0 Å². The van der Waals surface area contributed by atoms with Crippen molar-refractivity contribution < 1.29 is 8.83 Å². The van der Waals surface area contributed by atoms with Crippen molar-refractivity contribution in [2.75, 3.05) is 31.1 Å². The van der Waals surface area contributed by atoms with Gasteiger partial charge >= 0.3 is 6.01 Å². The van der Waals surface area contributed by atoms with Gasteiger partial charge in [0.2, 0.25) is 5.89 Å². The average Bonchev–Trinajstić information content (AvgIpc) is 3.23. The number of furan rings is 1. The van der Waals surface area contributed by atoms with Crippen LogP contribution in [0.2, 0.25) is 0 Å². The molecule has 3 fully saturated rings. The van der Waals surface area contributed by atoms with Crippen molar-refractivity contribution in [3.63, 3.8) is 0 Å². The first-order chi connectivity index (χ1) is 13.3. The molecule has 2 aromatic carbocycles. The fraction of sp³-hybridized carbons (Fsp3) is 0.333. The van der Waals surface area contributed by atoms with Gasteiger partial charge in [-0.3, -0.25) is 0 Å². The van der Waals surface area contributed by atoms with Crippen LogP contribution in [0.25, 0.3) is 33.4 Å². The Hall–Kier alpha value is -2.86. The van der Waals surface area contributed by atoms with Crippen molar-refractivity contribution in [3.8, 4) is 11.5 Å². The van der Waals surface area contributed by atoms with Crippen molar-refractivity contribution in [2.45, 2.75) is 18.9 Å². The van der Waals surface area contributed by atoms with Crippen molar-refractivity contribution in [3.05, 3.63) is 42.5 Å². The van der Waals surface area contributed by atoms with Crippen molar-refractivity contribution in [1.82, 2.24) is 15.1 Å². The molecule has 0 aliphatic carbocycles. The first kappa shape index (κ1) is 15.2. The van der Waals surface area contributed by atoms with Crippen molar-refractivity contribution in [1.29, 1.82) is 0 Å². The van der Waals surface area contributed by atoms with Crippen LogP contribution in [0.4, 0.5) is 6.01 Å². The third-order valence-electron chi connectivity index (χ3n) is 5.94. The van der Waals surface area contributed by atoms with E-state index in [9.17, 15) is 0 Å². The minimum absolute atomic E-state index is 0.511. The van der Waals surface area contributed by atoms with Gasteiger partial charge in [0.05, 0.1) is 0 Å². The summed E-state index contributed by atoms with van der Waals surface area (Å²) in [5, 5.41) is 10.9. The molecule has 0 unspecified atom stereocenters. The average molecular weight is 360 g/mol. The van der Waals surface area contributed by atoms with Crippen LogP contribution in [0, 0.1) is 0 Å². The third kappa shape index (κ3) is 2.44. The summed E-state index contributed by atoms with van der Waals surface area (Å²) in [4.78, 5) is 4.82. The smallest absolute Gasteiger partial charge is 0.318 e. The molecule has 3 saturated heterocycles. The number of para-hydroxylation sites is 1. The number of rotatable bonds is 2. The van der Waals surface area contributed by atoms with Gasteiger partial charge in [-0.15, -0.1) is 5.10 Å². The van der Waals surface area contributed by atoms with E-state index in [1.165, 1.54) is 25.9 Å². The zero-order valence-corrected chi connectivity index (χ0v) is 15.0. The number of piperidine rings is 1. The molecular weight excluding hydrogens is 340 g/mol. The van der Waals surface area contributed by atoms with Crippen LogP contribution in [-0.4, -0.2) is 47.3 Å². The quantitative estimate of drug-likeness (QED) is 0.540. The van der Waals surface area contributed by atoms with Gasteiger partial charge in [-0.05, 0) is 37.1 Å². The number of anilines is 1. The van der Waals surface area contributed by atoms with E-state index in [4.69, 9.17) is 8.83 Å². The molecule has 136 valence electrons. The van der Waals surface area contributed by atoms with Crippen molar-refractivity contribution >= 4 is 28.0 Å². The van der Waals surface area contributed by atoms with Crippen LogP contribution in [0.15, 0.2) is 51.3 Å². The van der Waals surface area contributed by atoms with E-state index in [2.05, 4.69) is 32.1 Å². The SMILES string of the molecule is c1ccc2c(c1)oc1ccc(-c3nnc(N4CCN5CCC4CC5)o3)cc12. The third-order valence-corrected chi connectivity index (χ3v) is 5.94. The summed E-state index contributed by atoms with van der Waals surface area (Å²) in [5.74, 6) is 0.566. The number of nitrogens with zero attached hydrogens (tertiary/aromatic N) is 4. The van der Waals surface area contributed by atoms with Crippen LogP contribution in [0.3, 0.4) is 0 Å². The molecule has 27 heavy (non-hydrogen) atoms. The summed E-state index contributed by atoms with van der Waals surface area (Å²) in [7, 11) is 0. The van der Waals surface area contributed by atoms with Crippen LogP contribution < -0.4 is 4.90 Å². The van der Waals surface area contributed by atoms with E-state index >= 15 is 0 Å². The summed E-state index contributed by atoms with van der Waals surface area (Å²) in [6.07, 6.45) is 2.34.